The maximum Gasteiger partial charge on any atom is 0.0540 e. The molecule has 0 atom stereocenters. The molecule has 0 amide bonds. The smallest absolute Gasteiger partial charge is 0.0540 e. The molecule has 1 heteroatoms. The number of fused-ring (bicyclic) bond motifs is 4. The van der Waals surface area contributed by atoms with Crippen molar-refractivity contribution in [2.45, 2.75) is 0 Å². The average Bonchev–Trinajstić information content (AvgIpc) is 3.27. The molecule has 0 aliphatic heterocycles. The van der Waals surface area contributed by atoms with E-state index in [-0.39, 0.29) is 0 Å². The van der Waals surface area contributed by atoms with Gasteiger partial charge < -0.3 is 4.90 Å². The van der Waals surface area contributed by atoms with E-state index in [4.69, 9.17) is 0 Å². The number of hydrogen-bond acceptors (Lipinski definition) is 1. The minimum absolute atomic E-state index is 1.09. The summed E-state index contributed by atoms with van der Waals surface area (Å²) in [6.45, 7) is 0. The van der Waals surface area contributed by atoms with Crippen LogP contribution in [-0.2, 0) is 0 Å². The van der Waals surface area contributed by atoms with Gasteiger partial charge in [-0.3, -0.25) is 0 Å². The molecule has 0 bridgehead atoms. The molecule has 10 rings (SSSR count). The quantitative estimate of drug-likeness (QED) is 0.150. The molecule has 0 spiro atoms. The van der Waals surface area contributed by atoms with Gasteiger partial charge in [0.15, 0.2) is 0 Å². The molecular weight excluding hydrogens is 663 g/mol. The molecule has 10 aromatic rings. The van der Waals surface area contributed by atoms with Gasteiger partial charge in [-0.15, -0.1) is 0 Å². The molecule has 258 valence electrons. The minimum Gasteiger partial charge on any atom is -0.310 e. The number of rotatable bonds is 7. The van der Waals surface area contributed by atoms with Crippen LogP contribution in [0.15, 0.2) is 224 Å². The van der Waals surface area contributed by atoms with Gasteiger partial charge in [0, 0.05) is 16.9 Å². The van der Waals surface area contributed by atoms with Crippen LogP contribution in [0.2, 0.25) is 0 Å². The van der Waals surface area contributed by atoms with Crippen molar-refractivity contribution in [2.24, 2.45) is 0 Å². The fourth-order valence-electron chi connectivity index (χ4n) is 8.37. The molecule has 10 aromatic carbocycles. The molecule has 0 heterocycles. The third-order valence-electron chi connectivity index (χ3n) is 10.8. The summed E-state index contributed by atoms with van der Waals surface area (Å²) in [6, 6.07) is 81.4. The number of para-hydroxylation sites is 1. The van der Waals surface area contributed by atoms with E-state index >= 15 is 0 Å². The first-order valence-corrected chi connectivity index (χ1v) is 18.9. The largest absolute Gasteiger partial charge is 0.310 e. The van der Waals surface area contributed by atoms with Gasteiger partial charge in [-0.25, -0.2) is 0 Å². The zero-order valence-corrected chi connectivity index (χ0v) is 30.3. The van der Waals surface area contributed by atoms with E-state index in [0.29, 0.717) is 0 Å². The molecule has 0 fully saturated rings. The standard InChI is InChI=1S/C54H37N/c1-3-17-39(18-4-1)47-26-13-14-32-52(47)55(43-35-33-40(34-36-43)46-31-16-22-38-19-7-8-25-45(38)46)44-24-15-23-42(37-44)54-51-30-12-10-28-49(51)48-27-9-11-29-50(48)53(54)41-20-5-2-6-21-41/h1-37H. The summed E-state index contributed by atoms with van der Waals surface area (Å²) in [6.07, 6.45) is 0. The Morgan fingerprint density at radius 1 is 0.255 bits per heavy atom. The summed E-state index contributed by atoms with van der Waals surface area (Å²) in [5.74, 6) is 0. The molecule has 0 N–H and O–H groups in total. The topological polar surface area (TPSA) is 3.24 Å². The maximum absolute atomic E-state index is 2.42. The summed E-state index contributed by atoms with van der Waals surface area (Å²) >= 11 is 0. The van der Waals surface area contributed by atoms with Crippen LogP contribution in [0.3, 0.4) is 0 Å². The summed E-state index contributed by atoms with van der Waals surface area (Å²) in [5, 5.41) is 7.52. The van der Waals surface area contributed by atoms with Crippen LogP contribution in [0.4, 0.5) is 17.1 Å². The van der Waals surface area contributed by atoms with Crippen molar-refractivity contribution in [3.8, 4) is 44.5 Å². The molecular formula is C54H37N. The third-order valence-corrected chi connectivity index (χ3v) is 10.8. The SMILES string of the molecule is c1ccc(-c2ccccc2N(c2ccc(-c3cccc4ccccc34)cc2)c2cccc(-c3c(-c4ccccc4)c4ccccc4c4ccccc34)c2)cc1. The van der Waals surface area contributed by atoms with E-state index in [1.807, 2.05) is 0 Å². The number of anilines is 3. The summed E-state index contributed by atoms with van der Waals surface area (Å²) in [5.41, 5.74) is 13.0. The summed E-state index contributed by atoms with van der Waals surface area (Å²) in [4.78, 5) is 2.42. The molecule has 0 unspecified atom stereocenters. The van der Waals surface area contributed by atoms with Crippen LogP contribution in [0.1, 0.15) is 0 Å². The lowest BCUT2D eigenvalue weighted by Crippen LogP contribution is -2.11. The second-order valence-corrected chi connectivity index (χ2v) is 14.0. The third kappa shape index (κ3) is 5.84. The lowest BCUT2D eigenvalue weighted by atomic mass is 9.85. The highest BCUT2D eigenvalue weighted by Gasteiger charge is 2.21. The van der Waals surface area contributed by atoms with Crippen molar-refractivity contribution in [1.82, 2.24) is 0 Å². The number of nitrogens with zero attached hydrogens (tertiary/aromatic N) is 1. The molecule has 1 nitrogen and oxygen atoms in total. The highest BCUT2D eigenvalue weighted by molar-refractivity contribution is 6.21. The van der Waals surface area contributed by atoms with Gasteiger partial charge >= 0.3 is 0 Å². The van der Waals surface area contributed by atoms with Crippen molar-refractivity contribution < 1.29 is 0 Å². The van der Waals surface area contributed by atoms with Crippen LogP contribution >= 0.6 is 0 Å². The van der Waals surface area contributed by atoms with E-state index in [0.717, 1.165) is 17.1 Å². The molecule has 55 heavy (non-hydrogen) atoms. The van der Waals surface area contributed by atoms with Gasteiger partial charge in [0.25, 0.3) is 0 Å². The van der Waals surface area contributed by atoms with Crippen LogP contribution in [0.25, 0.3) is 76.8 Å². The van der Waals surface area contributed by atoms with Crippen molar-refractivity contribution in [3.05, 3.63) is 224 Å². The van der Waals surface area contributed by atoms with Gasteiger partial charge in [-0.1, -0.05) is 194 Å². The van der Waals surface area contributed by atoms with Crippen LogP contribution in [-0.4, -0.2) is 0 Å². The summed E-state index contributed by atoms with van der Waals surface area (Å²) < 4.78 is 0. The molecule has 0 aliphatic carbocycles. The monoisotopic (exact) mass is 699 g/mol. The Labute approximate surface area is 322 Å². The zero-order valence-electron chi connectivity index (χ0n) is 30.3. The fourth-order valence-corrected chi connectivity index (χ4v) is 8.37. The highest BCUT2D eigenvalue weighted by atomic mass is 15.1. The van der Waals surface area contributed by atoms with Gasteiger partial charge in [0.1, 0.15) is 0 Å². The van der Waals surface area contributed by atoms with Crippen LogP contribution < -0.4 is 4.90 Å². The van der Waals surface area contributed by atoms with E-state index in [9.17, 15) is 0 Å². The first-order chi connectivity index (χ1) is 27.3. The van der Waals surface area contributed by atoms with Crippen molar-refractivity contribution >= 4 is 49.4 Å². The predicted molar refractivity (Wildman–Crippen MR) is 235 cm³/mol. The van der Waals surface area contributed by atoms with E-state index in [1.165, 1.54) is 76.8 Å². The van der Waals surface area contributed by atoms with Crippen LogP contribution in [0.5, 0.6) is 0 Å². The summed E-state index contributed by atoms with van der Waals surface area (Å²) in [7, 11) is 0. The van der Waals surface area contributed by atoms with E-state index in [1.54, 1.807) is 0 Å². The van der Waals surface area contributed by atoms with Crippen LogP contribution in [0, 0.1) is 0 Å². The second-order valence-electron chi connectivity index (χ2n) is 14.0. The Balaban J connectivity index is 1.20. The van der Waals surface area contributed by atoms with E-state index < -0.39 is 0 Å². The maximum atomic E-state index is 2.42. The fraction of sp³-hybridized carbons (Fsp3) is 0. The molecule has 0 saturated carbocycles. The molecule has 0 radical (unpaired) electrons. The molecule has 0 saturated heterocycles. The molecule has 0 aliphatic rings. The van der Waals surface area contributed by atoms with Gasteiger partial charge in [-0.05, 0) is 102 Å². The highest BCUT2D eigenvalue weighted by Crippen LogP contribution is 2.47. The lowest BCUT2D eigenvalue weighted by molar-refractivity contribution is 1.28. The number of hydrogen-bond donors (Lipinski definition) is 0. The van der Waals surface area contributed by atoms with Gasteiger partial charge in [0.2, 0.25) is 0 Å². The Bertz CT molecular complexity index is 2960. The zero-order chi connectivity index (χ0) is 36.6. The first-order valence-electron chi connectivity index (χ1n) is 18.9. The minimum atomic E-state index is 1.09. The number of benzene rings is 10. The van der Waals surface area contributed by atoms with Crippen molar-refractivity contribution in [3.63, 3.8) is 0 Å². The van der Waals surface area contributed by atoms with Crippen molar-refractivity contribution in [1.29, 1.82) is 0 Å². The molecule has 0 aromatic heterocycles. The average molecular weight is 700 g/mol. The Kier molecular flexibility index (Phi) is 8.24. The predicted octanol–water partition coefficient (Wildman–Crippen LogP) is 15.3. The lowest BCUT2D eigenvalue weighted by Gasteiger charge is -2.29. The Morgan fingerprint density at radius 3 is 1.44 bits per heavy atom. The van der Waals surface area contributed by atoms with E-state index in [2.05, 4.69) is 229 Å². The van der Waals surface area contributed by atoms with Gasteiger partial charge in [0.05, 0.1) is 5.69 Å². The second kappa shape index (κ2) is 14.0. The Hall–Kier alpha value is -7.22. The Morgan fingerprint density at radius 2 is 0.727 bits per heavy atom. The van der Waals surface area contributed by atoms with Gasteiger partial charge in [-0.2, -0.15) is 0 Å². The first kappa shape index (κ1) is 32.4. The van der Waals surface area contributed by atoms with Crippen molar-refractivity contribution in [2.75, 3.05) is 4.90 Å². The normalized spacial score (nSPS) is 11.3.